The van der Waals surface area contributed by atoms with Gasteiger partial charge in [-0.3, -0.25) is 10.1 Å². The van der Waals surface area contributed by atoms with Crippen LogP contribution in [0.3, 0.4) is 0 Å². The minimum absolute atomic E-state index is 0.0258. The maximum Gasteiger partial charge on any atom is 0.257 e. The fourth-order valence-electron chi connectivity index (χ4n) is 3.10. The zero-order valence-electron chi connectivity index (χ0n) is 17.4. The molecule has 1 aromatic heterocycles. The van der Waals surface area contributed by atoms with Gasteiger partial charge in [-0.25, -0.2) is 4.98 Å². The number of benzene rings is 3. The molecule has 0 bridgehead atoms. The molecule has 0 aliphatic carbocycles. The molecule has 32 heavy (non-hydrogen) atoms. The van der Waals surface area contributed by atoms with Gasteiger partial charge in [0.2, 0.25) is 0 Å². The average molecular weight is 573 g/mol. The van der Waals surface area contributed by atoms with Crippen LogP contribution in [0.25, 0.3) is 20.8 Å². The molecule has 0 unspecified atom stereocenters. The van der Waals surface area contributed by atoms with E-state index in [1.165, 1.54) is 0 Å². The van der Waals surface area contributed by atoms with Crippen LogP contribution in [0, 0.1) is 3.57 Å². The van der Waals surface area contributed by atoms with Crippen LogP contribution in [-0.2, 0) is 0 Å². The van der Waals surface area contributed by atoms with Crippen molar-refractivity contribution < 1.29 is 9.53 Å². The van der Waals surface area contributed by atoms with Gasteiger partial charge in [0, 0.05) is 14.7 Å². The topological polar surface area (TPSA) is 63.2 Å². The number of rotatable bonds is 5. The highest BCUT2D eigenvalue weighted by Crippen LogP contribution is 2.35. The summed E-state index contributed by atoms with van der Waals surface area (Å²) in [4.78, 5) is 17.5. The Hall–Kier alpha value is -2.56. The molecule has 2 N–H and O–H groups in total. The molecule has 8 heteroatoms. The summed E-state index contributed by atoms with van der Waals surface area (Å²) in [7, 11) is 0. The number of carbonyl (C=O) groups is 1. The molecular weight excluding hydrogens is 553 g/mol. The third kappa shape index (κ3) is 5.43. The summed E-state index contributed by atoms with van der Waals surface area (Å²) >= 11 is 9.32. The van der Waals surface area contributed by atoms with Crippen molar-refractivity contribution in [3.63, 3.8) is 0 Å². The summed E-state index contributed by atoms with van der Waals surface area (Å²) in [6, 6.07) is 21.1. The lowest BCUT2D eigenvalue weighted by Crippen LogP contribution is -2.34. The lowest BCUT2D eigenvalue weighted by molar-refractivity contribution is 0.0977. The van der Waals surface area contributed by atoms with Crippen LogP contribution >= 0.6 is 46.1 Å². The maximum absolute atomic E-state index is 12.7. The molecule has 0 aliphatic heterocycles. The van der Waals surface area contributed by atoms with Crippen LogP contribution in [0.4, 0.5) is 5.69 Å². The van der Waals surface area contributed by atoms with Crippen molar-refractivity contribution in [3.05, 3.63) is 75.9 Å². The van der Waals surface area contributed by atoms with Crippen LogP contribution in [0.5, 0.6) is 5.75 Å². The fraction of sp³-hybridized carbons (Fsp3) is 0.125. The van der Waals surface area contributed by atoms with Crippen LogP contribution in [0.15, 0.2) is 66.7 Å². The first-order valence-electron chi connectivity index (χ1n) is 9.93. The number of amides is 1. The Morgan fingerprint density at radius 2 is 1.91 bits per heavy atom. The zero-order valence-corrected chi connectivity index (χ0v) is 21.2. The molecule has 0 aliphatic rings. The predicted octanol–water partition coefficient (Wildman–Crippen LogP) is 6.48. The molecular formula is C24H20IN3O2S2. The Labute approximate surface area is 209 Å². The van der Waals surface area contributed by atoms with Gasteiger partial charge in [0.25, 0.3) is 5.91 Å². The predicted molar refractivity (Wildman–Crippen MR) is 144 cm³/mol. The Kier molecular flexibility index (Phi) is 7.02. The van der Waals surface area contributed by atoms with Gasteiger partial charge in [-0.05, 0) is 97.2 Å². The number of nitrogens with one attached hydrogen (secondary N) is 2. The normalized spacial score (nSPS) is 10.9. The number of thiazole rings is 1. The Morgan fingerprint density at radius 1 is 1.09 bits per heavy atom. The van der Waals surface area contributed by atoms with E-state index in [0.29, 0.717) is 11.3 Å². The van der Waals surface area contributed by atoms with E-state index in [-0.39, 0.29) is 17.1 Å². The van der Waals surface area contributed by atoms with Crippen molar-refractivity contribution in [1.82, 2.24) is 10.3 Å². The second kappa shape index (κ2) is 9.93. The molecule has 0 radical (unpaired) electrons. The molecule has 3 aromatic carbocycles. The first-order valence-corrected chi connectivity index (χ1v) is 12.2. The van der Waals surface area contributed by atoms with Crippen molar-refractivity contribution in [3.8, 4) is 16.3 Å². The molecule has 0 atom stereocenters. The first kappa shape index (κ1) is 22.6. The molecule has 4 rings (SSSR count). The SMILES string of the molecule is CC(C)Oc1cccc(C(=O)NC(=S)Nc2ccc(I)cc2-c2nc3ccccc3s2)c1. The van der Waals surface area contributed by atoms with Crippen LogP contribution in [0.2, 0.25) is 0 Å². The minimum Gasteiger partial charge on any atom is -0.491 e. The number of carbonyl (C=O) groups excluding carboxylic acids is 1. The van der Waals surface area contributed by atoms with Gasteiger partial charge >= 0.3 is 0 Å². The van der Waals surface area contributed by atoms with E-state index in [0.717, 1.165) is 30.0 Å². The van der Waals surface area contributed by atoms with Crippen molar-refractivity contribution in [2.75, 3.05) is 5.32 Å². The molecule has 4 aromatic rings. The second-order valence-corrected chi connectivity index (χ2v) is 9.96. The lowest BCUT2D eigenvalue weighted by atomic mass is 10.2. The van der Waals surface area contributed by atoms with E-state index < -0.39 is 0 Å². The van der Waals surface area contributed by atoms with Gasteiger partial charge in [0.05, 0.1) is 22.0 Å². The van der Waals surface area contributed by atoms with Crippen LogP contribution in [0.1, 0.15) is 24.2 Å². The largest absolute Gasteiger partial charge is 0.491 e. The Bertz CT molecular complexity index is 1270. The highest BCUT2D eigenvalue weighted by atomic mass is 127. The lowest BCUT2D eigenvalue weighted by Gasteiger charge is -2.14. The number of nitrogens with zero attached hydrogens (tertiary/aromatic N) is 1. The van der Waals surface area contributed by atoms with E-state index in [9.17, 15) is 4.79 Å². The van der Waals surface area contributed by atoms with Gasteiger partial charge in [0.15, 0.2) is 5.11 Å². The minimum atomic E-state index is -0.302. The third-order valence-electron chi connectivity index (χ3n) is 4.45. The maximum atomic E-state index is 12.7. The fourth-order valence-corrected chi connectivity index (χ4v) is 4.79. The van der Waals surface area contributed by atoms with Gasteiger partial charge < -0.3 is 10.1 Å². The number of fused-ring (bicyclic) bond motifs is 1. The highest BCUT2D eigenvalue weighted by molar-refractivity contribution is 14.1. The summed E-state index contributed by atoms with van der Waals surface area (Å²) in [5.41, 5.74) is 3.15. The summed E-state index contributed by atoms with van der Waals surface area (Å²) in [5, 5.41) is 7.02. The Balaban J connectivity index is 1.53. The molecule has 1 heterocycles. The van der Waals surface area contributed by atoms with Crippen molar-refractivity contribution >= 4 is 73.1 Å². The summed E-state index contributed by atoms with van der Waals surface area (Å²) in [6.45, 7) is 3.88. The molecule has 0 fully saturated rings. The molecule has 0 spiro atoms. The number of hydrogen-bond acceptors (Lipinski definition) is 5. The van der Waals surface area contributed by atoms with E-state index >= 15 is 0 Å². The number of thiocarbonyl (C=S) groups is 1. The van der Waals surface area contributed by atoms with Crippen molar-refractivity contribution in [2.45, 2.75) is 20.0 Å². The standard InChI is InChI=1S/C24H20IN3O2S2/c1-14(2)30-17-7-5-6-15(12-17)22(29)28-24(31)27-19-11-10-16(25)13-18(19)23-26-20-8-3-4-9-21(20)32-23/h3-14H,1-2H3,(H2,27,28,29,31). The second-order valence-electron chi connectivity index (χ2n) is 7.28. The van der Waals surface area contributed by atoms with E-state index in [2.05, 4.69) is 45.4 Å². The Morgan fingerprint density at radius 3 is 2.69 bits per heavy atom. The molecule has 0 saturated heterocycles. The first-order chi connectivity index (χ1) is 15.4. The van der Waals surface area contributed by atoms with E-state index in [1.54, 1.807) is 29.5 Å². The van der Waals surface area contributed by atoms with Crippen LogP contribution < -0.4 is 15.4 Å². The third-order valence-corrected chi connectivity index (χ3v) is 6.39. The summed E-state index contributed by atoms with van der Waals surface area (Å²) in [6.07, 6.45) is 0.0258. The van der Waals surface area contributed by atoms with Crippen LogP contribution in [-0.4, -0.2) is 22.1 Å². The van der Waals surface area contributed by atoms with Gasteiger partial charge in [-0.1, -0.05) is 18.2 Å². The van der Waals surface area contributed by atoms with Gasteiger partial charge in [0.1, 0.15) is 10.8 Å². The number of anilines is 1. The zero-order chi connectivity index (χ0) is 22.7. The van der Waals surface area contributed by atoms with Crippen molar-refractivity contribution in [2.24, 2.45) is 0 Å². The van der Waals surface area contributed by atoms with E-state index in [1.807, 2.05) is 50.2 Å². The number of ether oxygens (including phenoxy) is 1. The van der Waals surface area contributed by atoms with Gasteiger partial charge in [-0.2, -0.15) is 0 Å². The summed E-state index contributed by atoms with van der Waals surface area (Å²) < 4.78 is 7.87. The van der Waals surface area contributed by atoms with E-state index in [4.69, 9.17) is 21.9 Å². The van der Waals surface area contributed by atoms with Gasteiger partial charge in [-0.15, -0.1) is 11.3 Å². The number of halogens is 1. The molecule has 0 saturated carbocycles. The molecule has 5 nitrogen and oxygen atoms in total. The number of para-hydroxylation sites is 1. The smallest absolute Gasteiger partial charge is 0.257 e. The highest BCUT2D eigenvalue weighted by Gasteiger charge is 2.14. The quantitative estimate of drug-likeness (QED) is 0.211. The number of hydrogen-bond donors (Lipinski definition) is 2. The molecule has 162 valence electrons. The summed E-state index contributed by atoms with van der Waals surface area (Å²) in [5.74, 6) is 0.339. The number of aromatic nitrogens is 1. The average Bonchev–Trinajstić information content (AvgIpc) is 3.19. The monoisotopic (exact) mass is 573 g/mol. The van der Waals surface area contributed by atoms with Crippen molar-refractivity contribution in [1.29, 1.82) is 0 Å². The molecule has 1 amide bonds.